The third-order valence-electron chi connectivity index (χ3n) is 5.11. The van der Waals surface area contributed by atoms with Gasteiger partial charge in [-0.3, -0.25) is 4.90 Å². The molecule has 1 heterocycles. The van der Waals surface area contributed by atoms with Crippen LogP contribution < -0.4 is 9.47 Å². The molecule has 4 heteroatoms. The first-order valence-corrected chi connectivity index (χ1v) is 9.38. The SMILES string of the molecule is CC(C)Oc1cccc(C2(C)C=CN(C(=O)Oc3ccccc3)CC2C)c1. The second-order valence-corrected chi connectivity index (χ2v) is 7.53. The highest BCUT2D eigenvalue weighted by molar-refractivity contribution is 5.72. The van der Waals surface area contributed by atoms with Crippen LogP contribution in [-0.2, 0) is 5.41 Å². The van der Waals surface area contributed by atoms with E-state index in [-0.39, 0.29) is 23.5 Å². The molecule has 0 radical (unpaired) electrons. The molecule has 0 bridgehead atoms. The Morgan fingerprint density at radius 3 is 2.48 bits per heavy atom. The number of hydrogen-bond acceptors (Lipinski definition) is 3. The molecule has 2 atom stereocenters. The van der Waals surface area contributed by atoms with Gasteiger partial charge in [0.2, 0.25) is 0 Å². The topological polar surface area (TPSA) is 38.8 Å². The van der Waals surface area contributed by atoms with Crippen molar-refractivity contribution in [3.05, 3.63) is 72.4 Å². The fourth-order valence-electron chi connectivity index (χ4n) is 3.30. The molecule has 0 fully saturated rings. The summed E-state index contributed by atoms with van der Waals surface area (Å²) in [6.07, 6.45) is 3.70. The van der Waals surface area contributed by atoms with Gasteiger partial charge in [-0.2, -0.15) is 0 Å². The Balaban J connectivity index is 1.77. The summed E-state index contributed by atoms with van der Waals surface area (Å²) in [6, 6.07) is 17.4. The van der Waals surface area contributed by atoms with Crippen molar-refractivity contribution in [2.75, 3.05) is 6.54 Å². The van der Waals surface area contributed by atoms with Gasteiger partial charge in [0, 0.05) is 18.2 Å². The van der Waals surface area contributed by atoms with Gasteiger partial charge in [-0.15, -0.1) is 0 Å². The molecule has 2 aromatic rings. The molecule has 0 N–H and O–H groups in total. The average molecular weight is 365 g/mol. The van der Waals surface area contributed by atoms with Crippen LogP contribution in [0.15, 0.2) is 66.9 Å². The summed E-state index contributed by atoms with van der Waals surface area (Å²) < 4.78 is 11.3. The van der Waals surface area contributed by atoms with Gasteiger partial charge in [-0.25, -0.2) is 4.79 Å². The van der Waals surface area contributed by atoms with Crippen molar-refractivity contribution in [2.45, 2.75) is 39.2 Å². The minimum atomic E-state index is -0.358. The number of ether oxygens (including phenoxy) is 2. The van der Waals surface area contributed by atoms with Crippen LogP contribution in [0.5, 0.6) is 11.5 Å². The average Bonchev–Trinajstić information content (AvgIpc) is 2.64. The van der Waals surface area contributed by atoms with E-state index in [1.807, 2.05) is 50.4 Å². The molecule has 1 aliphatic heterocycles. The quantitative estimate of drug-likeness (QED) is 0.728. The zero-order valence-corrected chi connectivity index (χ0v) is 16.4. The van der Waals surface area contributed by atoms with Crippen molar-refractivity contribution in [2.24, 2.45) is 5.92 Å². The second-order valence-electron chi connectivity index (χ2n) is 7.53. The Morgan fingerprint density at radius 2 is 1.81 bits per heavy atom. The first-order valence-electron chi connectivity index (χ1n) is 9.38. The number of benzene rings is 2. The Morgan fingerprint density at radius 1 is 1.11 bits per heavy atom. The maximum atomic E-state index is 12.5. The lowest BCUT2D eigenvalue weighted by Gasteiger charge is -2.40. The van der Waals surface area contributed by atoms with Crippen LogP contribution in [0, 0.1) is 5.92 Å². The number of amides is 1. The Kier molecular flexibility index (Phi) is 5.54. The monoisotopic (exact) mass is 365 g/mol. The van der Waals surface area contributed by atoms with Crippen molar-refractivity contribution >= 4 is 6.09 Å². The van der Waals surface area contributed by atoms with E-state index in [9.17, 15) is 4.79 Å². The Bertz CT molecular complexity index is 815. The summed E-state index contributed by atoms with van der Waals surface area (Å²) >= 11 is 0. The highest BCUT2D eigenvalue weighted by Gasteiger charge is 2.36. The minimum Gasteiger partial charge on any atom is -0.491 e. The molecule has 142 valence electrons. The van der Waals surface area contributed by atoms with Gasteiger partial charge < -0.3 is 9.47 Å². The zero-order chi connectivity index (χ0) is 19.4. The van der Waals surface area contributed by atoms with Gasteiger partial charge in [0.15, 0.2) is 0 Å². The molecule has 2 unspecified atom stereocenters. The number of allylic oxidation sites excluding steroid dienone is 1. The molecule has 0 saturated carbocycles. The third-order valence-corrected chi connectivity index (χ3v) is 5.11. The molecule has 4 nitrogen and oxygen atoms in total. The zero-order valence-electron chi connectivity index (χ0n) is 16.4. The van der Waals surface area contributed by atoms with Crippen molar-refractivity contribution in [1.29, 1.82) is 0 Å². The molecular weight excluding hydrogens is 338 g/mol. The van der Waals surface area contributed by atoms with Gasteiger partial charge >= 0.3 is 6.09 Å². The smallest absolute Gasteiger partial charge is 0.419 e. The molecule has 0 aliphatic carbocycles. The van der Waals surface area contributed by atoms with E-state index >= 15 is 0 Å². The Labute approximate surface area is 161 Å². The number of carbonyl (C=O) groups excluding carboxylic acids is 1. The van der Waals surface area contributed by atoms with Gasteiger partial charge in [-0.1, -0.05) is 50.3 Å². The van der Waals surface area contributed by atoms with E-state index in [4.69, 9.17) is 9.47 Å². The van der Waals surface area contributed by atoms with Gasteiger partial charge in [-0.05, 0) is 49.6 Å². The maximum absolute atomic E-state index is 12.5. The lowest BCUT2D eigenvalue weighted by molar-refractivity contribution is 0.152. The fraction of sp³-hybridized carbons (Fsp3) is 0.348. The summed E-state index contributed by atoms with van der Waals surface area (Å²) in [6.45, 7) is 8.99. The largest absolute Gasteiger partial charge is 0.491 e. The fourth-order valence-corrected chi connectivity index (χ4v) is 3.30. The number of para-hydroxylation sites is 1. The summed E-state index contributed by atoms with van der Waals surface area (Å²) in [7, 11) is 0. The van der Waals surface area contributed by atoms with Crippen LogP contribution in [0.25, 0.3) is 0 Å². The summed E-state index contributed by atoms with van der Waals surface area (Å²) in [5.74, 6) is 1.64. The molecule has 1 aliphatic rings. The highest BCUT2D eigenvalue weighted by Crippen LogP contribution is 2.38. The van der Waals surface area contributed by atoms with Crippen LogP contribution in [0.2, 0.25) is 0 Å². The molecule has 0 aromatic heterocycles. The van der Waals surface area contributed by atoms with Crippen LogP contribution in [0.3, 0.4) is 0 Å². The minimum absolute atomic E-state index is 0.135. The van der Waals surface area contributed by atoms with Gasteiger partial charge in [0.25, 0.3) is 0 Å². The van der Waals surface area contributed by atoms with E-state index in [2.05, 4.69) is 32.1 Å². The normalized spacial score (nSPS) is 22.0. The first kappa shape index (κ1) is 19.0. The maximum Gasteiger partial charge on any atom is 0.419 e. The van der Waals surface area contributed by atoms with Gasteiger partial charge in [0.1, 0.15) is 11.5 Å². The molecule has 27 heavy (non-hydrogen) atoms. The van der Waals surface area contributed by atoms with E-state index in [0.717, 1.165) is 5.75 Å². The number of nitrogens with zero attached hydrogens (tertiary/aromatic N) is 1. The van der Waals surface area contributed by atoms with Crippen molar-refractivity contribution in [3.8, 4) is 11.5 Å². The highest BCUT2D eigenvalue weighted by atomic mass is 16.6. The predicted molar refractivity (Wildman–Crippen MR) is 107 cm³/mol. The standard InChI is InChI=1S/C23H27NO3/c1-17(2)26-21-12-8-9-19(15-21)23(4)13-14-24(16-18(23)3)22(25)27-20-10-6-5-7-11-20/h5-15,17-18H,16H2,1-4H3. The summed E-state index contributed by atoms with van der Waals surface area (Å²) in [4.78, 5) is 14.1. The number of rotatable bonds is 4. The van der Waals surface area contributed by atoms with E-state index in [0.29, 0.717) is 12.3 Å². The third kappa shape index (κ3) is 4.33. The van der Waals surface area contributed by atoms with Crippen molar-refractivity contribution < 1.29 is 14.3 Å². The van der Waals surface area contributed by atoms with Crippen LogP contribution in [0.1, 0.15) is 33.3 Å². The molecule has 0 saturated heterocycles. The summed E-state index contributed by atoms with van der Waals surface area (Å²) in [5, 5.41) is 0. The molecule has 3 rings (SSSR count). The van der Waals surface area contributed by atoms with Gasteiger partial charge in [0.05, 0.1) is 6.10 Å². The lowest BCUT2D eigenvalue weighted by atomic mass is 9.71. The van der Waals surface area contributed by atoms with E-state index in [1.165, 1.54) is 5.56 Å². The molecule has 0 spiro atoms. The van der Waals surface area contributed by atoms with Crippen LogP contribution in [-0.4, -0.2) is 23.6 Å². The molecular formula is C23H27NO3. The Hall–Kier alpha value is -2.75. The lowest BCUT2D eigenvalue weighted by Crippen LogP contribution is -2.43. The molecule has 2 aromatic carbocycles. The number of carbonyl (C=O) groups is 1. The first-order chi connectivity index (χ1) is 12.9. The van der Waals surface area contributed by atoms with Crippen LogP contribution >= 0.6 is 0 Å². The van der Waals surface area contributed by atoms with Crippen molar-refractivity contribution in [3.63, 3.8) is 0 Å². The second kappa shape index (κ2) is 7.87. The van der Waals surface area contributed by atoms with E-state index in [1.54, 1.807) is 17.0 Å². The van der Waals surface area contributed by atoms with Crippen molar-refractivity contribution in [1.82, 2.24) is 4.90 Å². The summed E-state index contributed by atoms with van der Waals surface area (Å²) in [5.41, 5.74) is 1.00. The van der Waals surface area contributed by atoms with Crippen LogP contribution in [0.4, 0.5) is 4.79 Å². The molecule has 1 amide bonds. The van der Waals surface area contributed by atoms with E-state index < -0.39 is 0 Å². The number of hydrogen-bond donors (Lipinski definition) is 0. The predicted octanol–water partition coefficient (Wildman–Crippen LogP) is 5.40.